The van der Waals surface area contributed by atoms with E-state index in [9.17, 15) is 4.39 Å². The molecular formula is C11H10ClFN4. The Morgan fingerprint density at radius 1 is 1.41 bits per heavy atom. The molecule has 2 rings (SSSR count). The van der Waals surface area contributed by atoms with E-state index >= 15 is 0 Å². The number of anilines is 1. The lowest BCUT2D eigenvalue weighted by molar-refractivity contribution is 0.607. The lowest BCUT2D eigenvalue weighted by Gasteiger charge is -2.18. The Morgan fingerprint density at radius 2 is 2.24 bits per heavy atom. The molecule has 6 heteroatoms. The lowest BCUT2D eigenvalue weighted by atomic mass is 10.3. The molecule has 0 amide bonds. The molecule has 0 saturated heterocycles. The van der Waals surface area contributed by atoms with Gasteiger partial charge < -0.3 is 4.90 Å². The van der Waals surface area contributed by atoms with Crippen LogP contribution in [-0.4, -0.2) is 22.0 Å². The average Bonchev–Trinajstić information content (AvgIpc) is 2.33. The Kier molecular flexibility index (Phi) is 3.49. The van der Waals surface area contributed by atoms with Crippen LogP contribution in [0.15, 0.2) is 30.7 Å². The zero-order valence-electron chi connectivity index (χ0n) is 9.14. The minimum Gasteiger partial charge on any atom is -0.353 e. The molecule has 0 spiro atoms. The summed E-state index contributed by atoms with van der Waals surface area (Å²) in [5.41, 5.74) is 0.962. The average molecular weight is 253 g/mol. The van der Waals surface area contributed by atoms with Gasteiger partial charge in [0.15, 0.2) is 11.6 Å². The van der Waals surface area contributed by atoms with Crippen molar-refractivity contribution in [1.82, 2.24) is 15.0 Å². The number of pyridine rings is 1. The van der Waals surface area contributed by atoms with Crippen molar-refractivity contribution in [2.45, 2.75) is 6.54 Å². The van der Waals surface area contributed by atoms with Gasteiger partial charge in [-0.1, -0.05) is 6.07 Å². The molecular weight excluding hydrogens is 243 g/mol. The molecule has 0 aliphatic rings. The summed E-state index contributed by atoms with van der Waals surface area (Å²) in [6.45, 7) is 0.498. The molecule has 2 aromatic heterocycles. The van der Waals surface area contributed by atoms with E-state index in [4.69, 9.17) is 11.6 Å². The van der Waals surface area contributed by atoms with Crippen LogP contribution in [-0.2, 0) is 6.54 Å². The fraction of sp³-hybridized carbons (Fsp3) is 0.182. The van der Waals surface area contributed by atoms with Gasteiger partial charge in [0.1, 0.15) is 0 Å². The molecule has 0 N–H and O–H groups in total. The number of halogens is 2. The highest BCUT2D eigenvalue weighted by Gasteiger charge is 2.11. The molecule has 0 aliphatic heterocycles. The Bertz CT molecular complexity index is 506. The molecule has 2 heterocycles. The Balaban J connectivity index is 2.20. The van der Waals surface area contributed by atoms with E-state index in [1.54, 1.807) is 24.3 Å². The van der Waals surface area contributed by atoms with Gasteiger partial charge in [-0.2, -0.15) is 4.98 Å². The number of rotatable bonds is 3. The van der Waals surface area contributed by atoms with Crippen molar-refractivity contribution >= 4 is 17.4 Å². The Labute approximate surface area is 103 Å². The minimum atomic E-state index is -0.499. The largest absolute Gasteiger partial charge is 0.353 e. The van der Waals surface area contributed by atoms with Crippen molar-refractivity contribution in [2.24, 2.45) is 0 Å². The van der Waals surface area contributed by atoms with E-state index in [0.717, 1.165) is 11.8 Å². The van der Waals surface area contributed by atoms with Crippen LogP contribution in [0.5, 0.6) is 0 Å². The first kappa shape index (κ1) is 11.7. The molecule has 0 saturated carbocycles. The van der Waals surface area contributed by atoms with Crippen LogP contribution in [0.3, 0.4) is 0 Å². The number of nitrogens with zero attached hydrogens (tertiary/aromatic N) is 4. The molecule has 0 atom stereocenters. The third-order valence-electron chi connectivity index (χ3n) is 2.20. The maximum absolute atomic E-state index is 13.5. The molecule has 0 aliphatic carbocycles. The highest BCUT2D eigenvalue weighted by Crippen LogP contribution is 2.17. The first-order valence-electron chi connectivity index (χ1n) is 4.95. The quantitative estimate of drug-likeness (QED) is 0.786. The molecule has 0 fully saturated rings. The van der Waals surface area contributed by atoms with Gasteiger partial charge in [0.25, 0.3) is 0 Å². The normalized spacial score (nSPS) is 10.3. The van der Waals surface area contributed by atoms with Crippen LogP contribution in [0.4, 0.5) is 10.2 Å². The second-order valence-electron chi connectivity index (χ2n) is 3.53. The van der Waals surface area contributed by atoms with Crippen molar-refractivity contribution in [3.63, 3.8) is 0 Å². The molecule has 17 heavy (non-hydrogen) atoms. The van der Waals surface area contributed by atoms with Crippen LogP contribution in [0.25, 0.3) is 0 Å². The third-order valence-corrected chi connectivity index (χ3v) is 2.38. The molecule has 0 radical (unpaired) electrons. The number of hydrogen-bond acceptors (Lipinski definition) is 4. The zero-order valence-corrected chi connectivity index (χ0v) is 9.89. The summed E-state index contributed by atoms with van der Waals surface area (Å²) in [5, 5.41) is 0.0273. The first-order valence-corrected chi connectivity index (χ1v) is 5.32. The SMILES string of the molecule is CN(Cc1cccnc1)c1nc(Cl)ncc1F. The van der Waals surface area contributed by atoms with Gasteiger partial charge in [-0.25, -0.2) is 9.37 Å². The van der Waals surface area contributed by atoms with Crippen molar-refractivity contribution < 1.29 is 4.39 Å². The van der Waals surface area contributed by atoms with E-state index in [2.05, 4.69) is 15.0 Å². The van der Waals surface area contributed by atoms with E-state index in [1.807, 2.05) is 12.1 Å². The second kappa shape index (κ2) is 5.05. The topological polar surface area (TPSA) is 41.9 Å². The van der Waals surface area contributed by atoms with E-state index in [0.29, 0.717) is 6.54 Å². The maximum atomic E-state index is 13.5. The lowest BCUT2D eigenvalue weighted by Crippen LogP contribution is -2.19. The van der Waals surface area contributed by atoms with Gasteiger partial charge in [0.2, 0.25) is 5.28 Å². The van der Waals surface area contributed by atoms with Crippen LogP contribution in [0.2, 0.25) is 5.28 Å². The maximum Gasteiger partial charge on any atom is 0.224 e. The van der Waals surface area contributed by atoms with Crippen LogP contribution in [0.1, 0.15) is 5.56 Å². The van der Waals surface area contributed by atoms with Crippen LogP contribution < -0.4 is 4.90 Å². The molecule has 0 aromatic carbocycles. The smallest absolute Gasteiger partial charge is 0.224 e. The van der Waals surface area contributed by atoms with Crippen LogP contribution in [0, 0.1) is 5.82 Å². The van der Waals surface area contributed by atoms with E-state index in [1.165, 1.54) is 0 Å². The second-order valence-corrected chi connectivity index (χ2v) is 3.87. The predicted molar refractivity (Wildman–Crippen MR) is 63.3 cm³/mol. The summed E-state index contributed by atoms with van der Waals surface area (Å²) < 4.78 is 13.5. The van der Waals surface area contributed by atoms with Gasteiger partial charge in [0.05, 0.1) is 6.20 Å². The Hall–Kier alpha value is -1.75. The summed E-state index contributed by atoms with van der Waals surface area (Å²) in [7, 11) is 1.73. The van der Waals surface area contributed by atoms with Crippen molar-refractivity contribution in [3.05, 3.63) is 47.4 Å². The molecule has 2 aromatic rings. The first-order chi connectivity index (χ1) is 8.16. The number of aromatic nitrogens is 3. The fourth-order valence-corrected chi connectivity index (χ4v) is 1.57. The third kappa shape index (κ3) is 2.88. The summed E-state index contributed by atoms with van der Waals surface area (Å²) in [5.74, 6) is -0.324. The van der Waals surface area contributed by atoms with Gasteiger partial charge in [0, 0.05) is 26.0 Å². The number of hydrogen-bond donors (Lipinski definition) is 0. The summed E-state index contributed by atoms with van der Waals surface area (Å²) in [4.78, 5) is 13.1. The molecule has 4 nitrogen and oxygen atoms in total. The highest BCUT2D eigenvalue weighted by atomic mass is 35.5. The van der Waals surface area contributed by atoms with Gasteiger partial charge in [-0.3, -0.25) is 4.98 Å². The molecule has 0 bridgehead atoms. The Morgan fingerprint density at radius 3 is 2.94 bits per heavy atom. The van der Waals surface area contributed by atoms with E-state index < -0.39 is 5.82 Å². The monoisotopic (exact) mass is 252 g/mol. The van der Waals surface area contributed by atoms with E-state index in [-0.39, 0.29) is 11.1 Å². The van der Waals surface area contributed by atoms with Crippen molar-refractivity contribution in [1.29, 1.82) is 0 Å². The van der Waals surface area contributed by atoms with Gasteiger partial charge >= 0.3 is 0 Å². The van der Waals surface area contributed by atoms with Crippen molar-refractivity contribution in [2.75, 3.05) is 11.9 Å². The standard InChI is InChI=1S/C11H10ClFN4/c1-17(7-8-3-2-4-14-5-8)10-9(13)6-15-11(12)16-10/h2-6H,7H2,1H3. The molecule has 0 unspecified atom stereocenters. The fourth-order valence-electron chi connectivity index (χ4n) is 1.45. The van der Waals surface area contributed by atoms with Crippen molar-refractivity contribution in [3.8, 4) is 0 Å². The summed E-state index contributed by atoms with van der Waals surface area (Å²) in [6.07, 6.45) is 4.47. The zero-order chi connectivity index (χ0) is 12.3. The predicted octanol–water partition coefficient (Wildman–Crippen LogP) is 2.30. The van der Waals surface area contributed by atoms with Gasteiger partial charge in [-0.15, -0.1) is 0 Å². The van der Waals surface area contributed by atoms with Gasteiger partial charge in [-0.05, 0) is 23.2 Å². The molecule has 88 valence electrons. The van der Waals surface area contributed by atoms with Crippen LogP contribution >= 0.6 is 11.6 Å². The highest BCUT2D eigenvalue weighted by molar-refractivity contribution is 6.28. The summed E-state index contributed by atoms with van der Waals surface area (Å²) >= 11 is 5.64. The minimum absolute atomic E-state index is 0.0273. The summed E-state index contributed by atoms with van der Waals surface area (Å²) in [6, 6.07) is 3.73.